The third kappa shape index (κ3) is 5.53. The van der Waals surface area contributed by atoms with Crippen LogP contribution in [0.3, 0.4) is 0 Å². The Morgan fingerprint density at radius 2 is 1.73 bits per heavy atom. The summed E-state index contributed by atoms with van der Waals surface area (Å²) in [5.41, 5.74) is 0.372. The molecule has 0 spiro atoms. The summed E-state index contributed by atoms with van der Waals surface area (Å²) >= 11 is 17.8. The van der Waals surface area contributed by atoms with E-state index in [4.69, 9.17) is 33.2 Å². The van der Waals surface area contributed by atoms with Gasteiger partial charge in [-0.1, -0.05) is 32.5 Å². The zero-order valence-electron chi connectivity index (χ0n) is 7.13. The maximum atomic E-state index is 5.93. The fraction of sp³-hybridized carbons (Fsp3) is 1.00. The Morgan fingerprint density at radius 3 is 1.82 bits per heavy atom. The number of rotatable bonds is 4. The molecule has 0 N–H and O–H groups in total. The first-order chi connectivity index (χ1) is 4.88. The largest absolute Gasteiger partial charge is 0.344 e. The van der Waals surface area contributed by atoms with E-state index < -0.39 is 6.00 Å². The van der Waals surface area contributed by atoms with Gasteiger partial charge in [0, 0.05) is 8.80 Å². The van der Waals surface area contributed by atoms with Crippen LogP contribution in [0.1, 0.15) is 13.3 Å². The Morgan fingerprint density at radius 1 is 1.27 bits per heavy atom. The number of hydrogen-bond acceptors (Lipinski definition) is 0. The van der Waals surface area contributed by atoms with E-state index in [1.807, 2.05) is 0 Å². The third-order valence-corrected chi connectivity index (χ3v) is 7.64. The van der Waals surface area contributed by atoms with Gasteiger partial charge in [-0.15, -0.1) is 33.2 Å². The van der Waals surface area contributed by atoms with Crippen LogP contribution in [0.15, 0.2) is 0 Å². The van der Waals surface area contributed by atoms with Gasteiger partial charge in [0.05, 0.1) is 0 Å². The Hall–Kier alpha value is 1.30. The zero-order chi connectivity index (χ0) is 9.07. The van der Waals surface area contributed by atoms with Crippen LogP contribution in [0.2, 0.25) is 24.7 Å². The van der Waals surface area contributed by atoms with E-state index in [-0.39, 0.29) is 8.80 Å². The summed E-state index contributed by atoms with van der Waals surface area (Å²) in [5.74, 6) is 0. The lowest BCUT2D eigenvalue weighted by atomic mass is 10.4. The first-order valence-electron chi connectivity index (χ1n) is 3.73. The topological polar surface area (TPSA) is 0 Å². The van der Waals surface area contributed by atoms with Gasteiger partial charge in [0.15, 0.2) is 0 Å². The molecule has 67 valence electrons. The van der Waals surface area contributed by atoms with Gasteiger partial charge in [-0.05, 0) is 5.54 Å². The third-order valence-electron chi connectivity index (χ3n) is 1.61. The molecular weight excluding hydrogens is 235 g/mol. The van der Waals surface area contributed by atoms with E-state index in [1.54, 1.807) is 0 Å². The molecule has 0 aliphatic carbocycles. The molecule has 1 atom stereocenters. The minimum atomic E-state index is -2.41. The molecule has 0 aliphatic rings. The van der Waals surface area contributed by atoms with Gasteiger partial charge in [-0.25, -0.2) is 0 Å². The molecule has 0 aromatic heterocycles. The number of halogens is 3. The molecule has 11 heavy (non-hydrogen) atoms. The minimum absolute atomic E-state index is 0.246. The lowest BCUT2D eigenvalue weighted by Crippen LogP contribution is -2.22. The van der Waals surface area contributed by atoms with Crippen LogP contribution >= 0.6 is 33.2 Å². The maximum absolute atomic E-state index is 5.93. The molecule has 1 unspecified atom stereocenters. The van der Waals surface area contributed by atoms with E-state index in [9.17, 15) is 0 Å². The first-order valence-corrected chi connectivity index (χ1v) is 11.6. The van der Waals surface area contributed by atoms with Crippen LogP contribution in [-0.2, 0) is 0 Å². The molecule has 0 saturated heterocycles. The molecule has 0 heterocycles. The lowest BCUT2D eigenvalue weighted by Gasteiger charge is -2.21. The molecule has 0 bridgehead atoms. The predicted molar refractivity (Wildman–Crippen MR) is 59.6 cm³/mol. The average molecular weight is 249 g/mol. The van der Waals surface area contributed by atoms with Gasteiger partial charge in [0.25, 0.3) is 0 Å². The van der Waals surface area contributed by atoms with Gasteiger partial charge in [0.1, 0.15) is 0 Å². The average Bonchev–Trinajstić information content (AvgIpc) is 1.79. The maximum Gasteiger partial charge on any atom is 0.344 e. The molecule has 0 amide bonds. The molecule has 0 fully saturated rings. The van der Waals surface area contributed by atoms with Crippen molar-refractivity contribution < 1.29 is 0 Å². The zero-order valence-corrected chi connectivity index (χ0v) is 11.4. The monoisotopic (exact) mass is 247 g/mol. The summed E-state index contributed by atoms with van der Waals surface area (Å²) in [6.07, 6.45) is 1.01. The second-order valence-corrected chi connectivity index (χ2v) is 14.9. The van der Waals surface area contributed by atoms with Crippen LogP contribution in [0.5, 0.6) is 0 Å². The first kappa shape index (κ1) is 12.3. The van der Waals surface area contributed by atoms with Gasteiger partial charge in [-0.2, -0.15) is 0 Å². The highest BCUT2D eigenvalue weighted by Crippen LogP contribution is 2.39. The highest BCUT2D eigenvalue weighted by atomic mass is 35.8. The molecule has 0 saturated carbocycles. The van der Waals surface area contributed by atoms with Crippen molar-refractivity contribution in [1.29, 1.82) is 0 Å². The molecule has 0 aliphatic heterocycles. The standard InChI is InChI=1S/C6H14Cl3Si2/c1-4-6(5-10(2)3)11(7,8)9/h6H,4-5H2,1-3H3. The van der Waals surface area contributed by atoms with Gasteiger partial charge in [-0.3, -0.25) is 0 Å². The quantitative estimate of drug-likeness (QED) is 0.517. The predicted octanol–water partition coefficient (Wildman–Crippen LogP) is 4.18. The summed E-state index contributed by atoms with van der Waals surface area (Å²) in [4.78, 5) is 0. The Balaban J connectivity index is 3.96. The second-order valence-electron chi connectivity index (χ2n) is 3.06. The fourth-order valence-corrected chi connectivity index (χ4v) is 8.34. The van der Waals surface area contributed by atoms with Crippen molar-refractivity contribution in [3.63, 3.8) is 0 Å². The van der Waals surface area contributed by atoms with Gasteiger partial charge < -0.3 is 0 Å². The Labute approximate surface area is 85.9 Å². The lowest BCUT2D eigenvalue weighted by molar-refractivity contribution is 0.860. The fourth-order valence-electron chi connectivity index (χ4n) is 0.984. The van der Waals surface area contributed by atoms with Crippen molar-refractivity contribution in [2.75, 3.05) is 0 Å². The van der Waals surface area contributed by atoms with Crippen molar-refractivity contribution in [2.45, 2.75) is 38.0 Å². The second kappa shape index (κ2) is 5.12. The van der Waals surface area contributed by atoms with E-state index in [0.29, 0.717) is 5.54 Å². The van der Waals surface area contributed by atoms with Crippen LogP contribution in [0, 0.1) is 0 Å². The van der Waals surface area contributed by atoms with Crippen molar-refractivity contribution >= 4 is 48.0 Å². The van der Waals surface area contributed by atoms with Gasteiger partial charge >= 0.3 is 6.00 Å². The molecule has 0 aromatic rings. The van der Waals surface area contributed by atoms with E-state index in [0.717, 1.165) is 12.5 Å². The molecule has 0 rings (SSSR count). The summed E-state index contributed by atoms with van der Waals surface area (Å²) in [7, 11) is -0.246. The van der Waals surface area contributed by atoms with Gasteiger partial charge in [0.2, 0.25) is 0 Å². The van der Waals surface area contributed by atoms with E-state index in [1.165, 1.54) is 0 Å². The van der Waals surface area contributed by atoms with Crippen LogP contribution in [-0.4, -0.2) is 14.8 Å². The normalized spacial score (nSPS) is 15.5. The van der Waals surface area contributed by atoms with Crippen molar-refractivity contribution in [1.82, 2.24) is 0 Å². The SMILES string of the molecule is CCC(C[Si](C)C)[Si](Cl)(Cl)Cl. The van der Waals surface area contributed by atoms with Crippen LogP contribution in [0.25, 0.3) is 0 Å². The summed E-state index contributed by atoms with van der Waals surface area (Å²) in [5, 5.41) is 0. The molecule has 0 aromatic carbocycles. The minimum Gasteiger partial charge on any atom is -0.126 e. The smallest absolute Gasteiger partial charge is 0.126 e. The van der Waals surface area contributed by atoms with Crippen LogP contribution in [0.4, 0.5) is 0 Å². The Bertz CT molecular complexity index is 111. The molecule has 1 radical (unpaired) electrons. The molecule has 5 heteroatoms. The van der Waals surface area contributed by atoms with Crippen LogP contribution < -0.4 is 0 Å². The summed E-state index contributed by atoms with van der Waals surface area (Å²) in [6.45, 7) is 6.63. The number of hydrogen-bond donors (Lipinski definition) is 0. The van der Waals surface area contributed by atoms with Crippen molar-refractivity contribution in [3.05, 3.63) is 0 Å². The summed E-state index contributed by atoms with van der Waals surface area (Å²) < 4.78 is 0. The molecule has 0 nitrogen and oxygen atoms in total. The summed E-state index contributed by atoms with van der Waals surface area (Å²) in [6, 6.07) is -1.26. The highest BCUT2D eigenvalue weighted by Gasteiger charge is 2.35. The van der Waals surface area contributed by atoms with Crippen molar-refractivity contribution in [3.8, 4) is 0 Å². The molecular formula is C6H14Cl3Si2. The van der Waals surface area contributed by atoms with Crippen molar-refractivity contribution in [2.24, 2.45) is 0 Å². The Kier molecular flexibility index (Phi) is 5.73. The van der Waals surface area contributed by atoms with E-state index in [2.05, 4.69) is 20.0 Å². The van der Waals surface area contributed by atoms with E-state index >= 15 is 0 Å². The highest BCUT2D eigenvalue weighted by molar-refractivity contribution is 7.65.